The molecule has 3 rings (SSSR count). The Kier molecular flexibility index (Phi) is 3.98. The molecule has 2 heteroatoms. The number of benzene rings is 2. The third-order valence-electron chi connectivity index (χ3n) is 4.19. The van der Waals surface area contributed by atoms with Crippen LogP contribution in [-0.4, -0.2) is 5.25 Å². The molecule has 0 radical (unpaired) electrons. The van der Waals surface area contributed by atoms with Gasteiger partial charge in [-0.3, -0.25) is 0 Å². The van der Waals surface area contributed by atoms with Crippen LogP contribution < -0.4 is 0 Å². The quantitative estimate of drug-likeness (QED) is 0.737. The first-order valence-corrected chi connectivity index (χ1v) is 8.24. The molecule has 0 spiro atoms. The van der Waals surface area contributed by atoms with Gasteiger partial charge in [-0.15, -0.1) is 11.8 Å². The minimum Gasteiger partial charge on any atom is -0.192 e. The number of fused-ring (bicyclic) bond motifs is 1. The molecule has 1 saturated carbocycles. The summed E-state index contributed by atoms with van der Waals surface area (Å²) in [6.45, 7) is 2.36. The normalized spacial score (nSPS) is 22.6. The largest absolute Gasteiger partial charge is 0.192 e. The highest BCUT2D eigenvalue weighted by atomic mass is 32.2. The smallest absolute Gasteiger partial charge is 0.0998 e. The molecule has 0 bridgehead atoms. The maximum Gasteiger partial charge on any atom is 0.0998 e. The molecule has 2 aromatic rings. The standard InChI is InChI=1S/C18H19NS/c1-13-5-4-6-15(11-13)20-18-10-9-14(12-19)16-7-2-3-8-17(16)18/h2-3,7-10,13,15H,4-6,11H2,1H3. The Morgan fingerprint density at radius 1 is 1.10 bits per heavy atom. The molecule has 2 atom stereocenters. The van der Waals surface area contributed by atoms with Crippen LogP contribution in [0.3, 0.4) is 0 Å². The van der Waals surface area contributed by atoms with Gasteiger partial charge < -0.3 is 0 Å². The van der Waals surface area contributed by atoms with Crippen LogP contribution in [0, 0.1) is 17.2 Å². The number of hydrogen-bond donors (Lipinski definition) is 0. The summed E-state index contributed by atoms with van der Waals surface area (Å²) in [5.74, 6) is 0.853. The zero-order valence-corrected chi connectivity index (χ0v) is 12.6. The van der Waals surface area contributed by atoms with E-state index in [1.165, 1.54) is 36.0 Å². The predicted molar refractivity (Wildman–Crippen MR) is 85.9 cm³/mol. The monoisotopic (exact) mass is 281 g/mol. The number of thioether (sulfide) groups is 1. The molecular weight excluding hydrogens is 262 g/mol. The first kappa shape index (κ1) is 13.5. The Labute approximate surface area is 125 Å². The van der Waals surface area contributed by atoms with E-state index in [1.54, 1.807) is 0 Å². The van der Waals surface area contributed by atoms with Crippen LogP contribution in [0.5, 0.6) is 0 Å². The number of nitriles is 1. The summed E-state index contributed by atoms with van der Waals surface area (Å²) in [6, 6.07) is 14.7. The van der Waals surface area contributed by atoms with E-state index in [4.69, 9.17) is 0 Å². The zero-order chi connectivity index (χ0) is 13.9. The molecule has 0 aliphatic heterocycles. The second-order valence-corrected chi connectivity index (χ2v) is 7.12. The number of hydrogen-bond acceptors (Lipinski definition) is 2. The minimum atomic E-state index is 0.732. The highest BCUT2D eigenvalue weighted by Crippen LogP contribution is 2.39. The third-order valence-corrected chi connectivity index (χ3v) is 5.56. The lowest BCUT2D eigenvalue weighted by molar-refractivity contribution is 0.394. The van der Waals surface area contributed by atoms with Crippen molar-refractivity contribution in [1.29, 1.82) is 5.26 Å². The van der Waals surface area contributed by atoms with Gasteiger partial charge in [0.1, 0.15) is 0 Å². The van der Waals surface area contributed by atoms with E-state index < -0.39 is 0 Å². The third kappa shape index (κ3) is 2.69. The Bertz CT molecular complexity index is 656. The zero-order valence-electron chi connectivity index (χ0n) is 11.8. The lowest BCUT2D eigenvalue weighted by atomic mass is 9.91. The van der Waals surface area contributed by atoms with Gasteiger partial charge in [0.2, 0.25) is 0 Å². The van der Waals surface area contributed by atoms with Crippen LogP contribution >= 0.6 is 11.8 Å². The fourth-order valence-electron chi connectivity index (χ4n) is 3.14. The molecular formula is C18H19NS. The Morgan fingerprint density at radius 3 is 2.65 bits per heavy atom. The summed E-state index contributed by atoms with van der Waals surface area (Å²) >= 11 is 2.01. The van der Waals surface area contributed by atoms with E-state index in [0.717, 1.165) is 22.1 Å². The van der Waals surface area contributed by atoms with Crippen molar-refractivity contribution in [3.05, 3.63) is 42.0 Å². The van der Waals surface area contributed by atoms with Crippen LogP contribution in [0.1, 0.15) is 38.2 Å². The van der Waals surface area contributed by atoms with Crippen molar-refractivity contribution in [2.75, 3.05) is 0 Å². The summed E-state index contributed by atoms with van der Waals surface area (Å²) in [5, 5.41) is 12.3. The highest BCUT2D eigenvalue weighted by molar-refractivity contribution is 8.00. The van der Waals surface area contributed by atoms with Gasteiger partial charge in [0.05, 0.1) is 11.6 Å². The van der Waals surface area contributed by atoms with E-state index in [1.807, 2.05) is 23.9 Å². The van der Waals surface area contributed by atoms with Gasteiger partial charge in [-0.25, -0.2) is 0 Å². The van der Waals surface area contributed by atoms with Crippen molar-refractivity contribution in [1.82, 2.24) is 0 Å². The maximum atomic E-state index is 9.23. The van der Waals surface area contributed by atoms with Crippen LogP contribution in [0.15, 0.2) is 41.3 Å². The summed E-state index contributed by atoms with van der Waals surface area (Å²) < 4.78 is 0. The molecule has 2 aromatic carbocycles. The van der Waals surface area contributed by atoms with Gasteiger partial charge in [-0.2, -0.15) is 5.26 Å². The van der Waals surface area contributed by atoms with Crippen molar-refractivity contribution in [3.8, 4) is 6.07 Å². The molecule has 0 heterocycles. The molecule has 102 valence electrons. The first-order valence-electron chi connectivity index (χ1n) is 7.36. The number of nitrogens with zero attached hydrogens (tertiary/aromatic N) is 1. The van der Waals surface area contributed by atoms with Crippen molar-refractivity contribution in [3.63, 3.8) is 0 Å². The summed E-state index contributed by atoms with van der Waals surface area (Å²) in [5.41, 5.74) is 0.780. The second kappa shape index (κ2) is 5.89. The predicted octanol–water partition coefficient (Wildman–Crippen LogP) is 5.38. The average Bonchev–Trinajstić information content (AvgIpc) is 2.48. The molecule has 1 nitrogen and oxygen atoms in total. The molecule has 0 saturated heterocycles. The van der Waals surface area contributed by atoms with E-state index in [-0.39, 0.29) is 0 Å². The van der Waals surface area contributed by atoms with Gasteiger partial charge in [-0.1, -0.05) is 44.0 Å². The van der Waals surface area contributed by atoms with Crippen LogP contribution in [0.2, 0.25) is 0 Å². The molecule has 1 aliphatic rings. The van der Waals surface area contributed by atoms with Crippen LogP contribution in [0.25, 0.3) is 10.8 Å². The van der Waals surface area contributed by atoms with Gasteiger partial charge in [0.15, 0.2) is 0 Å². The van der Waals surface area contributed by atoms with Gasteiger partial charge in [0, 0.05) is 15.5 Å². The minimum absolute atomic E-state index is 0.732. The first-order chi connectivity index (χ1) is 9.78. The molecule has 0 N–H and O–H groups in total. The maximum absolute atomic E-state index is 9.23. The molecule has 0 amide bonds. The van der Waals surface area contributed by atoms with Crippen molar-refractivity contribution in [2.45, 2.75) is 42.8 Å². The SMILES string of the molecule is CC1CCCC(Sc2ccc(C#N)c3ccccc23)C1. The molecule has 20 heavy (non-hydrogen) atoms. The van der Waals surface area contributed by atoms with E-state index in [0.29, 0.717) is 0 Å². The van der Waals surface area contributed by atoms with Crippen LogP contribution in [-0.2, 0) is 0 Å². The fourth-order valence-corrected chi connectivity index (χ4v) is 4.66. The van der Waals surface area contributed by atoms with Gasteiger partial charge >= 0.3 is 0 Å². The Morgan fingerprint density at radius 2 is 1.90 bits per heavy atom. The topological polar surface area (TPSA) is 23.8 Å². The van der Waals surface area contributed by atoms with E-state index in [2.05, 4.69) is 37.3 Å². The molecule has 1 fully saturated rings. The Hall–Kier alpha value is -1.46. The second-order valence-electron chi connectivity index (χ2n) is 5.78. The molecule has 0 aromatic heterocycles. The fraction of sp³-hybridized carbons (Fsp3) is 0.389. The van der Waals surface area contributed by atoms with E-state index in [9.17, 15) is 5.26 Å². The summed E-state index contributed by atoms with van der Waals surface area (Å²) in [7, 11) is 0. The summed E-state index contributed by atoms with van der Waals surface area (Å²) in [4.78, 5) is 1.33. The van der Waals surface area contributed by atoms with Gasteiger partial charge in [-0.05, 0) is 36.3 Å². The van der Waals surface area contributed by atoms with Crippen molar-refractivity contribution in [2.24, 2.45) is 5.92 Å². The Balaban J connectivity index is 1.94. The average molecular weight is 281 g/mol. The van der Waals surface area contributed by atoms with Gasteiger partial charge in [0.25, 0.3) is 0 Å². The van der Waals surface area contributed by atoms with Crippen molar-refractivity contribution >= 4 is 22.5 Å². The lowest BCUT2D eigenvalue weighted by Crippen LogP contribution is -2.14. The number of rotatable bonds is 2. The lowest BCUT2D eigenvalue weighted by Gasteiger charge is -2.26. The van der Waals surface area contributed by atoms with E-state index >= 15 is 0 Å². The highest BCUT2D eigenvalue weighted by Gasteiger charge is 2.20. The molecule has 1 aliphatic carbocycles. The van der Waals surface area contributed by atoms with Crippen molar-refractivity contribution < 1.29 is 0 Å². The summed E-state index contributed by atoms with van der Waals surface area (Å²) in [6.07, 6.45) is 5.38. The molecule has 2 unspecified atom stereocenters. The van der Waals surface area contributed by atoms with Crippen LogP contribution in [0.4, 0.5) is 0 Å².